The van der Waals surface area contributed by atoms with Crippen LogP contribution in [0.2, 0.25) is 0 Å². The summed E-state index contributed by atoms with van der Waals surface area (Å²) >= 11 is 0. The summed E-state index contributed by atoms with van der Waals surface area (Å²) < 4.78 is 2.02. The van der Waals surface area contributed by atoms with Gasteiger partial charge in [-0.05, 0) is 23.3 Å². The molecule has 0 radical (unpaired) electrons. The minimum Gasteiger partial charge on any atom is -0.332 e. The molecule has 5 heteroatoms. The van der Waals surface area contributed by atoms with Crippen LogP contribution in [0.25, 0.3) is 17.3 Å². The quantitative estimate of drug-likeness (QED) is 0.431. The molecule has 0 fully saturated rings. The number of hydrogen-bond acceptors (Lipinski definition) is 3. The van der Waals surface area contributed by atoms with E-state index in [1.165, 1.54) is 6.08 Å². The summed E-state index contributed by atoms with van der Waals surface area (Å²) in [6, 6.07) is 17.9. The number of nitrogens with one attached hydrogen (secondary N) is 1. The molecule has 0 aliphatic heterocycles. The molecule has 0 saturated carbocycles. The lowest BCUT2D eigenvalue weighted by atomic mass is 10.1. The van der Waals surface area contributed by atoms with E-state index in [1.807, 2.05) is 71.7 Å². The summed E-state index contributed by atoms with van der Waals surface area (Å²) in [5.41, 5.74) is 5.58. The van der Waals surface area contributed by atoms with Gasteiger partial charge in [-0.15, -0.1) is 0 Å². The highest BCUT2D eigenvalue weighted by atomic mass is 16.5. The van der Waals surface area contributed by atoms with Crippen LogP contribution in [0.1, 0.15) is 11.1 Å². The van der Waals surface area contributed by atoms with Gasteiger partial charge in [0, 0.05) is 24.4 Å². The SMILES string of the molecule is O=C(/C=C/c1cccc(Cn2cnc(-c3ccccc3)c2)c1)NO. The molecule has 3 aromatic rings. The zero-order valence-electron chi connectivity index (χ0n) is 13.0. The summed E-state index contributed by atoms with van der Waals surface area (Å²) in [6.45, 7) is 0.688. The van der Waals surface area contributed by atoms with Crippen LogP contribution in [0, 0.1) is 0 Å². The summed E-state index contributed by atoms with van der Waals surface area (Å²) in [6.07, 6.45) is 6.75. The molecular formula is C19H17N3O2. The maximum Gasteiger partial charge on any atom is 0.267 e. The first-order valence-electron chi connectivity index (χ1n) is 7.53. The molecule has 0 saturated heterocycles. The average molecular weight is 319 g/mol. The molecule has 120 valence electrons. The van der Waals surface area contributed by atoms with Crippen molar-refractivity contribution in [2.75, 3.05) is 0 Å². The van der Waals surface area contributed by atoms with Gasteiger partial charge in [0.1, 0.15) is 0 Å². The fourth-order valence-electron chi connectivity index (χ4n) is 2.42. The zero-order valence-corrected chi connectivity index (χ0v) is 13.0. The van der Waals surface area contributed by atoms with E-state index in [0.717, 1.165) is 22.4 Å². The van der Waals surface area contributed by atoms with Gasteiger partial charge in [-0.25, -0.2) is 10.5 Å². The monoisotopic (exact) mass is 319 g/mol. The van der Waals surface area contributed by atoms with E-state index in [1.54, 1.807) is 11.6 Å². The first-order valence-corrected chi connectivity index (χ1v) is 7.53. The van der Waals surface area contributed by atoms with Gasteiger partial charge in [-0.2, -0.15) is 0 Å². The lowest BCUT2D eigenvalue weighted by Crippen LogP contribution is -2.14. The lowest BCUT2D eigenvalue weighted by molar-refractivity contribution is -0.124. The second-order valence-corrected chi connectivity index (χ2v) is 5.35. The Kier molecular flexibility index (Phi) is 4.84. The van der Waals surface area contributed by atoms with Gasteiger partial charge in [0.05, 0.1) is 12.0 Å². The number of hydroxylamine groups is 1. The highest BCUT2D eigenvalue weighted by molar-refractivity contribution is 5.90. The van der Waals surface area contributed by atoms with Crippen molar-refractivity contribution in [1.82, 2.24) is 15.0 Å². The van der Waals surface area contributed by atoms with Crippen molar-refractivity contribution < 1.29 is 10.0 Å². The van der Waals surface area contributed by atoms with Crippen molar-refractivity contribution in [3.63, 3.8) is 0 Å². The Hall–Kier alpha value is -3.18. The van der Waals surface area contributed by atoms with E-state index in [2.05, 4.69) is 4.98 Å². The molecule has 0 spiro atoms. The van der Waals surface area contributed by atoms with Crippen LogP contribution in [0.3, 0.4) is 0 Å². The molecule has 5 nitrogen and oxygen atoms in total. The maximum absolute atomic E-state index is 11.0. The normalized spacial score (nSPS) is 10.9. The van der Waals surface area contributed by atoms with Gasteiger partial charge in [0.2, 0.25) is 0 Å². The molecular weight excluding hydrogens is 302 g/mol. The largest absolute Gasteiger partial charge is 0.332 e. The van der Waals surface area contributed by atoms with Gasteiger partial charge in [-0.1, -0.05) is 48.5 Å². The van der Waals surface area contributed by atoms with Crippen molar-refractivity contribution in [3.8, 4) is 11.3 Å². The van der Waals surface area contributed by atoms with E-state index in [9.17, 15) is 4.79 Å². The maximum atomic E-state index is 11.0. The summed E-state index contributed by atoms with van der Waals surface area (Å²) in [7, 11) is 0. The number of benzene rings is 2. The second-order valence-electron chi connectivity index (χ2n) is 5.35. The van der Waals surface area contributed by atoms with E-state index < -0.39 is 5.91 Å². The number of nitrogens with zero attached hydrogens (tertiary/aromatic N) is 2. The minimum absolute atomic E-state index is 0.553. The fraction of sp³-hybridized carbons (Fsp3) is 0.0526. The summed E-state index contributed by atoms with van der Waals surface area (Å²) in [5.74, 6) is -0.553. The number of amides is 1. The van der Waals surface area contributed by atoms with Crippen molar-refractivity contribution in [3.05, 3.63) is 84.3 Å². The van der Waals surface area contributed by atoms with E-state index in [-0.39, 0.29) is 0 Å². The molecule has 0 unspecified atom stereocenters. The minimum atomic E-state index is -0.553. The second kappa shape index (κ2) is 7.39. The Morgan fingerprint density at radius 1 is 1.17 bits per heavy atom. The molecule has 2 N–H and O–H groups in total. The third kappa shape index (κ3) is 3.97. The number of carbonyl (C=O) groups excluding carboxylic acids is 1. The zero-order chi connectivity index (χ0) is 16.8. The molecule has 3 rings (SSSR count). The number of aromatic nitrogens is 2. The Labute approximate surface area is 139 Å². The molecule has 2 aromatic carbocycles. The lowest BCUT2D eigenvalue weighted by Gasteiger charge is -2.04. The molecule has 0 bridgehead atoms. The van der Waals surface area contributed by atoms with E-state index in [0.29, 0.717) is 6.54 Å². The van der Waals surface area contributed by atoms with Crippen LogP contribution < -0.4 is 5.48 Å². The molecule has 24 heavy (non-hydrogen) atoms. The predicted octanol–water partition coefficient (Wildman–Crippen LogP) is 3.12. The topological polar surface area (TPSA) is 67.2 Å². The standard InChI is InChI=1S/C19H17N3O2/c23-19(21-24)10-9-15-5-4-6-16(11-15)12-22-13-18(20-14-22)17-7-2-1-3-8-17/h1-11,13-14,24H,12H2,(H,21,23)/b10-9+. The predicted molar refractivity (Wildman–Crippen MR) is 92.2 cm³/mol. The van der Waals surface area contributed by atoms with E-state index >= 15 is 0 Å². The van der Waals surface area contributed by atoms with Gasteiger partial charge in [0.25, 0.3) is 5.91 Å². The van der Waals surface area contributed by atoms with Crippen molar-refractivity contribution in [2.24, 2.45) is 0 Å². The van der Waals surface area contributed by atoms with Crippen LogP contribution in [0.5, 0.6) is 0 Å². The van der Waals surface area contributed by atoms with Crippen LogP contribution in [-0.4, -0.2) is 20.7 Å². The third-order valence-corrected chi connectivity index (χ3v) is 3.56. The molecule has 0 aliphatic carbocycles. The molecule has 1 amide bonds. The number of hydrogen-bond donors (Lipinski definition) is 2. The first-order chi connectivity index (χ1) is 11.7. The molecule has 1 heterocycles. The van der Waals surface area contributed by atoms with Crippen LogP contribution in [-0.2, 0) is 11.3 Å². The van der Waals surface area contributed by atoms with Crippen LogP contribution in [0.4, 0.5) is 0 Å². The molecule has 0 aliphatic rings. The molecule has 1 aromatic heterocycles. The molecule has 0 atom stereocenters. The number of imidazole rings is 1. The summed E-state index contributed by atoms with van der Waals surface area (Å²) in [5, 5.41) is 8.50. The Morgan fingerprint density at radius 3 is 2.79 bits per heavy atom. The smallest absolute Gasteiger partial charge is 0.267 e. The number of rotatable bonds is 5. The van der Waals surface area contributed by atoms with Crippen LogP contribution >= 0.6 is 0 Å². The Morgan fingerprint density at radius 2 is 2.00 bits per heavy atom. The average Bonchev–Trinajstić information content (AvgIpc) is 3.09. The van der Waals surface area contributed by atoms with Gasteiger partial charge >= 0.3 is 0 Å². The Balaban J connectivity index is 1.74. The highest BCUT2D eigenvalue weighted by Gasteiger charge is 2.02. The van der Waals surface area contributed by atoms with E-state index in [4.69, 9.17) is 5.21 Å². The van der Waals surface area contributed by atoms with Crippen molar-refractivity contribution in [2.45, 2.75) is 6.54 Å². The van der Waals surface area contributed by atoms with Crippen molar-refractivity contribution >= 4 is 12.0 Å². The van der Waals surface area contributed by atoms with Gasteiger partial charge < -0.3 is 4.57 Å². The summed E-state index contributed by atoms with van der Waals surface area (Å²) in [4.78, 5) is 15.5. The first kappa shape index (κ1) is 15.7. The fourth-order valence-corrected chi connectivity index (χ4v) is 2.42. The van der Waals surface area contributed by atoms with Gasteiger partial charge in [0.15, 0.2) is 0 Å². The van der Waals surface area contributed by atoms with Crippen molar-refractivity contribution in [1.29, 1.82) is 0 Å². The van der Waals surface area contributed by atoms with Crippen LogP contribution in [0.15, 0.2) is 73.2 Å². The highest BCUT2D eigenvalue weighted by Crippen LogP contribution is 2.17. The van der Waals surface area contributed by atoms with Gasteiger partial charge in [-0.3, -0.25) is 10.0 Å². The third-order valence-electron chi connectivity index (χ3n) is 3.56. The number of carbonyl (C=O) groups is 1. The Bertz CT molecular complexity index is 854.